The van der Waals surface area contributed by atoms with Crippen LogP contribution in [0.2, 0.25) is 0 Å². The van der Waals surface area contributed by atoms with E-state index in [4.69, 9.17) is 4.74 Å². The van der Waals surface area contributed by atoms with Crippen LogP contribution in [0.3, 0.4) is 0 Å². The number of Topliss-reactive ketones (excluding diaryl/α,β-unsaturated/α-hetero) is 1. The summed E-state index contributed by atoms with van der Waals surface area (Å²) in [5, 5.41) is 0. The number of benzene rings is 1. The van der Waals surface area contributed by atoms with Gasteiger partial charge in [-0.05, 0) is 18.1 Å². The Balaban J connectivity index is 2.25. The number of unbranched alkanes of at least 4 members (excludes halogenated alkanes) is 6. The van der Waals surface area contributed by atoms with Gasteiger partial charge < -0.3 is 4.74 Å². The average Bonchev–Trinajstić information content (AvgIpc) is 2.48. The molecule has 0 aliphatic heterocycles. The Morgan fingerprint density at radius 1 is 1.10 bits per heavy atom. The second kappa shape index (κ2) is 10.4. The Morgan fingerprint density at radius 2 is 1.76 bits per heavy atom. The van der Waals surface area contributed by atoms with Gasteiger partial charge in [-0.15, -0.1) is 0 Å². The van der Waals surface area contributed by atoms with Crippen LogP contribution in [0, 0.1) is 5.82 Å². The molecule has 0 amide bonds. The van der Waals surface area contributed by atoms with Gasteiger partial charge in [0.05, 0.1) is 7.11 Å². The number of rotatable bonds is 11. The summed E-state index contributed by atoms with van der Waals surface area (Å²) in [5.41, 5.74) is 0.433. The molecule has 0 aliphatic carbocycles. The van der Waals surface area contributed by atoms with E-state index in [1.807, 2.05) is 0 Å². The second-order valence-electron chi connectivity index (χ2n) is 5.52. The zero-order valence-electron chi connectivity index (χ0n) is 13.3. The minimum Gasteiger partial charge on any atom is -0.494 e. The molecular weight excluding hydrogens is 267 g/mol. The van der Waals surface area contributed by atoms with Gasteiger partial charge >= 0.3 is 0 Å². The second-order valence-corrected chi connectivity index (χ2v) is 5.52. The van der Waals surface area contributed by atoms with E-state index in [0.717, 1.165) is 12.8 Å². The molecule has 0 saturated carbocycles. The molecule has 1 aromatic rings. The van der Waals surface area contributed by atoms with Crippen LogP contribution >= 0.6 is 0 Å². The number of hydrogen-bond acceptors (Lipinski definition) is 2. The summed E-state index contributed by atoms with van der Waals surface area (Å²) in [6.45, 7) is 2.20. The van der Waals surface area contributed by atoms with Crippen molar-refractivity contribution in [1.29, 1.82) is 0 Å². The maximum absolute atomic E-state index is 13.9. The van der Waals surface area contributed by atoms with Gasteiger partial charge in [-0.25, -0.2) is 4.39 Å². The highest BCUT2D eigenvalue weighted by atomic mass is 19.1. The van der Waals surface area contributed by atoms with E-state index in [1.165, 1.54) is 39.2 Å². The van der Waals surface area contributed by atoms with Gasteiger partial charge in [0.25, 0.3) is 0 Å². The molecule has 21 heavy (non-hydrogen) atoms. The molecule has 0 aromatic heterocycles. The van der Waals surface area contributed by atoms with E-state index in [-0.39, 0.29) is 18.0 Å². The van der Waals surface area contributed by atoms with Gasteiger partial charge in [0.1, 0.15) is 5.78 Å². The third-order valence-electron chi connectivity index (χ3n) is 3.71. The van der Waals surface area contributed by atoms with E-state index in [1.54, 1.807) is 18.2 Å². The van der Waals surface area contributed by atoms with E-state index in [2.05, 4.69) is 6.92 Å². The quantitative estimate of drug-likeness (QED) is 0.532. The Labute approximate surface area is 127 Å². The van der Waals surface area contributed by atoms with Crippen LogP contribution < -0.4 is 4.74 Å². The van der Waals surface area contributed by atoms with Crippen LogP contribution in [0.1, 0.15) is 63.9 Å². The van der Waals surface area contributed by atoms with Gasteiger partial charge in [-0.2, -0.15) is 0 Å². The molecule has 0 saturated heterocycles. The molecule has 0 aliphatic rings. The summed E-state index contributed by atoms with van der Waals surface area (Å²) in [4.78, 5) is 11.9. The number of methoxy groups -OCH3 is 1. The number of ketones is 1. The monoisotopic (exact) mass is 294 g/mol. The fourth-order valence-corrected chi connectivity index (χ4v) is 2.43. The summed E-state index contributed by atoms with van der Waals surface area (Å²) >= 11 is 0. The summed E-state index contributed by atoms with van der Waals surface area (Å²) in [6.07, 6.45) is 9.02. The maximum atomic E-state index is 13.9. The molecule has 0 heterocycles. The molecule has 0 fully saturated rings. The highest BCUT2D eigenvalue weighted by molar-refractivity contribution is 5.81. The van der Waals surface area contributed by atoms with Crippen molar-refractivity contribution in [3.63, 3.8) is 0 Å². The molecule has 0 radical (unpaired) electrons. The lowest BCUT2D eigenvalue weighted by Crippen LogP contribution is -2.05. The first-order valence-electron chi connectivity index (χ1n) is 8.02. The normalized spacial score (nSPS) is 10.6. The smallest absolute Gasteiger partial charge is 0.168 e. The first-order valence-corrected chi connectivity index (χ1v) is 8.02. The van der Waals surface area contributed by atoms with Gasteiger partial charge in [0, 0.05) is 12.8 Å². The Morgan fingerprint density at radius 3 is 2.43 bits per heavy atom. The van der Waals surface area contributed by atoms with Gasteiger partial charge in [-0.3, -0.25) is 4.79 Å². The molecule has 2 nitrogen and oxygen atoms in total. The number of hydrogen-bond donors (Lipinski definition) is 0. The third kappa shape index (κ3) is 6.74. The molecule has 3 heteroatoms. The fraction of sp³-hybridized carbons (Fsp3) is 0.611. The van der Waals surface area contributed by atoms with Gasteiger partial charge in [0.2, 0.25) is 0 Å². The van der Waals surface area contributed by atoms with Crippen LogP contribution in [-0.2, 0) is 11.2 Å². The van der Waals surface area contributed by atoms with Crippen molar-refractivity contribution < 1.29 is 13.9 Å². The van der Waals surface area contributed by atoms with Gasteiger partial charge in [0.15, 0.2) is 11.6 Å². The fourth-order valence-electron chi connectivity index (χ4n) is 2.43. The molecule has 0 atom stereocenters. The van der Waals surface area contributed by atoms with Crippen molar-refractivity contribution in [3.05, 3.63) is 29.6 Å². The van der Waals surface area contributed by atoms with Crippen molar-refractivity contribution in [2.24, 2.45) is 0 Å². The standard InChI is InChI=1S/C18H27FO2/c1-3-4-5-6-7-8-9-12-16(20)14-15-11-10-13-17(21-2)18(15)19/h10-11,13H,3-9,12,14H2,1-2H3. The molecule has 1 aromatic carbocycles. The molecule has 0 spiro atoms. The molecule has 1 rings (SSSR count). The highest BCUT2D eigenvalue weighted by Crippen LogP contribution is 2.21. The Hall–Kier alpha value is -1.38. The number of ether oxygens (including phenoxy) is 1. The van der Waals surface area contributed by atoms with E-state index < -0.39 is 5.82 Å². The van der Waals surface area contributed by atoms with Crippen LogP contribution in [0.25, 0.3) is 0 Å². The first kappa shape index (κ1) is 17.7. The molecule has 0 unspecified atom stereocenters. The van der Waals surface area contributed by atoms with Crippen molar-refractivity contribution >= 4 is 5.78 Å². The minimum absolute atomic E-state index is 0.107. The summed E-state index contributed by atoms with van der Waals surface area (Å²) in [6, 6.07) is 4.94. The van der Waals surface area contributed by atoms with E-state index >= 15 is 0 Å². The van der Waals surface area contributed by atoms with Crippen LogP contribution in [0.5, 0.6) is 5.75 Å². The predicted octanol–water partition coefficient (Wildman–Crippen LogP) is 5.09. The summed E-state index contributed by atoms with van der Waals surface area (Å²) in [7, 11) is 1.43. The Kier molecular flexibility index (Phi) is 8.72. The largest absolute Gasteiger partial charge is 0.494 e. The third-order valence-corrected chi connectivity index (χ3v) is 3.71. The van der Waals surface area contributed by atoms with Crippen molar-refractivity contribution in [3.8, 4) is 5.75 Å². The lowest BCUT2D eigenvalue weighted by molar-refractivity contribution is -0.118. The SMILES string of the molecule is CCCCCCCCCC(=O)Cc1cccc(OC)c1F. The van der Waals surface area contributed by atoms with Gasteiger partial charge in [-0.1, -0.05) is 57.6 Å². The zero-order valence-corrected chi connectivity index (χ0v) is 13.3. The molecule has 0 N–H and O–H groups in total. The average molecular weight is 294 g/mol. The lowest BCUT2D eigenvalue weighted by Gasteiger charge is -2.07. The van der Waals surface area contributed by atoms with E-state index in [9.17, 15) is 9.18 Å². The van der Waals surface area contributed by atoms with Crippen LogP contribution in [-0.4, -0.2) is 12.9 Å². The summed E-state index contributed by atoms with van der Waals surface area (Å²) in [5.74, 6) is -0.0974. The lowest BCUT2D eigenvalue weighted by atomic mass is 10.0. The zero-order chi connectivity index (χ0) is 15.5. The molecule has 0 bridgehead atoms. The van der Waals surface area contributed by atoms with Crippen molar-refractivity contribution in [2.75, 3.05) is 7.11 Å². The van der Waals surface area contributed by atoms with Crippen molar-refractivity contribution in [2.45, 2.75) is 64.7 Å². The molecular formula is C18H27FO2. The molecule has 118 valence electrons. The minimum atomic E-state index is -0.409. The van der Waals surface area contributed by atoms with E-state index in [0.29, 0.717) is 12.0 Å². The number of halogens is 1. The number of carbonyl (C=O) groups excluding carboxylic acids is 1. The summed E-state index contributed by atoms with van der Waals surface area (Å²) < 4.78 is 18.8. The maximum Gasteiger partial charge on any atom is 0.168 e. The Bertz CT molecular complexity index is 429. The number of carbonyl (C=O) groups is 1. The van der Waals surface area contributed by atoms with Crippen LogP contribution in [0.15, 0.2) is 18.2 Å². The van der Waals surface area contributed by atoms with Crippen LogP contribution in [0.4, 0.5) is 4.39 Å². The van der Waals surface area contributed by atoms with Crippen molar-refractivity contribution in [1.82, 2.24) is 0 Å². The topological polar surface area (TPSA) is 26.3 Å². The predicted molar refractivity (Wildman–Crippen MR) is 84.3 cm³/mol. The highest BCUT2D eigenvalue weighted by Gasteiger charge is 2.11. The first-order chi connectivity index (χ1) is 10.2.